The molecule has 0 aromatic heterocycles. The van der Waals surface area contributed by atoms with Gasteiger partial charge in [-0.1, -0.05) is 32.0 Å². The van der Waals surface area contributed by atoms with Crippen LogP contribution in [0.4, 0.5) is 4.39 Å². The number of rotatable bonds is 3. The van der Waals surface area contributed by atoms with Crippen LogP contribution in [0.3, 0.4) is 0 Å². The third-order valence-electron chi connectivity index (χ3n) is 4.51. The highest BCUT2D eigenvalue weighted by atomic mass is 19.1. The quantitative estimate of drug-likeness (QED) is 0.899. The first-order valence-electron chi connectivity index (χ1n) is 7.93. The number of carbonyl (C=O) groups is 1. The maximum atomic E-state index is 13.1. The second-order valence-corrected chi connectivity index (χ2v) is 6.43. The lowest BCUT2D eigenvalue weighted by atomic mass is 9.98. The molecule has 0 saturated carbocycles. The van der Waals surface area contributed by atoms with Crippen LogP contribution in [0.25, 0.3) is 0 Å². The van der Waals surface area contributed by atoms with Crippen LogP contribution in [0.15, 0.2) is 30.3 Å². The molecule has 2 aromatic rings. The lowest BCUT2D eigenvalue weighted by Crippen LogP contribution is -2.25. The average Bonchev–Trinajstić information content (AvgIpc) is 2.98. The van der Waals surface area contributed by atoms with Gasteiger partial charge >= 0.3 is 0 Å². The molecule has 126 valence electrons. The average molecular weight is 329 g/mol. The van der Waals surface area contributed by atoms with Crippen LogP contribution in [-0.2, 0) is 19.8 Å². The van der Waals surface area contributed by atoms with Crippen molar-refractivity contribution in [3.05, 3.63) is 58.1 Å². The Kier molecular flexibility index (Phi) is 4.18. The Morgan fingerprint density at radius 2 is 1.96 bits per heavy atom. The molecule has 0 unspecified atom stereocenters. The molecular formula is C19H20FNO3. The molecule has 24 heavy (non-hydrogen) atoms. The molecule has 5 heteroatoms. The van der Waals surface area contributed by atoms with E-state index in [1.165, 1.54) is 12.1 Å². The summed E-state index contributed by atoms with van der Waals surface area (Å²) in [5, 5.41) is 20.0. The number of nitrogens with zero attached hydrogens (tertiary/aromatic N) is 1. The first-order valence-corrected chi connectivity index (χ1v) is 7.93. The van der Waals surface area contributed by atoms with Gasteiger partial charge in [-0.2, -0.15) is 0 Å². The van der Waals surface area contributed by atoms with Gasteiger partial charge in [0, 0.05) is 19.2 Å². The molecule has 0 saturated heterocycles. The Labute approximate surface area is 140 Å². The van der Waals surface area contributed by atoms with Gasteiger partial charge in [0.15, 0.2) is 0 Å². The summed E-state index contributed by atoms with van der Waals surface area (Å²) < 4.78 is 13.1. The highest BCUT2D eigenvalue weighted by Gasteiger charge is 2.28. The highest BCUT2D eigenvalue weighted by Crippen LogP contribution is 2.35. The predicted molar refractivity (Wildman–Crippen MR) is 88.7 cm³/mol. The minimum atomic E-state index is -0.562. The molecule has 0 bridgehead atoms. The number of alkyl halides is 1. The summed E-state index contributed by atoms with van der Waals surface area (Å²) >= 11 is 0. The molecule has 0 aliphatic carbocycles. The lowest BCUT2D eigenvalue weighted by Gasteiger charge is -2.18. The van der Waals surface area contributed by atoms with Crippen molar-refractivity contribution >= 4 is 5.91 Å². The minimum absolute atomic E-state index is 0.0195. The van der Waals surface area contributed by atoms with Crippen LogP contribution in [-0.4, -0.2) is 21.0 Å². The highest BCUT2D eigenvalue weighted by molar-refractivity contribution is 5.97. The van der Waals surface area contributed by atoms with Gasteiger partial charge in [-0.15, -0.1) is 0 Å². The summed E-state index contributed by atoms with van der Waals surface area (Å²) in [6, 6.07) is 8.14. The van der Waals surface area contributed by atoms with Crippen molar-refractivity contribution in [3.8, 4) is 11.5 Å². The van der Waals surface area contributed by atoms with Gasteiger partial charge in [0.1, 0.15) is 18.2 Å². The number of amides is 1. The van der Waals surface area contributed by atoms with E-state index in [-0.39, 0.29) is 28.9 Å². The van der Waals surface area contributed by atoms with Crippen molar-refractivity contribution in [2.24, 2.45) is 0 Å². The zero-order chi connectivity index (χ0) is 17.4. The number of hydrogen-bond donors (Lipinski definition) is 2. The van der Waals surface area contributed by atoms with E-state index in [4.69, 9.17) is 0 Å². The maximum absolute atomic E-state index is 13.1. The predicted octanol–water partition coefficient (Wildman–Crippen LogP) is 3.85. The number of phenolic OH excluding ortho intramolecular Hbond substituents is 2. The zero-order valence-corrected chi connectivity index (χ0v) is 13.7. The number of phenols is 2. The first-order chi connectivity index (χ1) is 11.4. The SMILES string of the molecule is CC(C)c1cc(C(=O)N2Cc3cccc(CF)c3C2)c(O)cc1O. The smallest absolute Gasteiger partial charge is 0.258 e. The minimum Gasteiger partial charge on any atom is -0.508 e. The Hall–Kier alpha value is -2.56. The topological polar surface area (TPSA) is 60.8 Å². The fraction of sp³-hybridized carbons (Fsp3) is 0.316. The van der Waals surface area contributed by atoms with Crippen LogP contribution < -0.4 is 0 Å². The molecule has 1 amide bonds. The van der Waals surface area contributed by atoms with Crippen LogP contribution in [0.2, 0.25) is 0 Å². The monoisotopic (exact) mass is 329 g/mol. The third kappa shape index (κ3) is 2.70. The van der Waals surface area contributed by atoms with E-state index in [9.17, 15) is 19.4 Å². The zero-order valence-electron chi connectivity index (χ0n) is 13.7. The fourth-order valence-electron chi connectivity index (χ4n) is 3.16. The molecule has 0 fully saturated rings. The summed E-state index contributed by atoms with van der Waals surface area (Å²) in [6.07, 6.45) is 0. The van der Waals surface area contributed by atoms with E-state index in [1.807, 2.05) is 19.9 Å². The summed E-state index contributed by atoms with van der Waals surface area (Å²) in [5.41, 5.74) is 3.14. The second-order valence-electron chi connectivity index (χ2n) is 6.43. The molecule has 1 aliphatic heterocycles. The summed E-state index contributed by atoms with van der Waals surface area (Å²) in [6.45, 7) is 3.96. The van der Waals surface area contributed by atoms with Gasteiger partial charge < -0.3 is 15.1 Å². The summed E-state index contributed by atoms with van der Waals surface area (Å²) in [4.78, 5) is 14.4. The van der Waals surface area contributed by atoms with E-state index in [0.29, 0.717) is 24.2 Å². The van der Waals surface area contributed by atoms with Gasteiger partial charge in [0.2, 0.25) is 0 Å². The molecule has 0 radical (unpaired) electrons. The largest absolute Gasteiger partial charge is 0.508 e. The van der Waals surface area contributed by atoms with E-state index >= 15 is 0 Å². The van der Waals surface area contributed by atoms with E-state index in [0.717, 1.165) is 11.1 Å². The molecule has 0 atom stereocenters. The van der Waals surface area contributed by atoms with Crippen LogP contribution in [0, 0.1) is 0 Å². The first kappa shape index (κ1) is 16.3. The molecule has 4 nitrogen and oxygen atoms in total. The Balaban J connectivity index is 1.93. The normalized spacial score (nSPS) is 13.4. The molecule has 2 N–H and O–H groups in total. The van der Waals surface area contributed by atoms with Crippen molar-refractivity contribution < 1.29 is 19.4 Å². The van der Waals surface area contributed by atoms with Crippen LogP contribution >= 0.6 is 0 Å². The number of benzene rings is 2. The number of fused-ring (bicyclic) bond motifs is 1. The number of hydrogen-bond acceptors (Lipinski definition) is 3. The maximum Gasteiger partial charge on any atom is 0.258 e. The molecule has 0 spiro atoms. The van der Waals surface area contributed by atoms with Gasteiger partial charge in [0.25, 0.3) is 5.91 Å². The van der Waals surface area contributed by atoms with E-state index in [1.54, 1.807) is 17.0 Å². The number of carbonyl (C=O) groups excluding carboxylic acids is 1. The van der Waals surface area contributed by atoms with Crippen LogP contribution in [0.5, 0.6) is 11.5 Å². The lowest BCUT2D eigenvalue weighted by molar-refractivity contribution is 0.0748. The Bertz CT molecular complexity index is 801. The van der Waals surface area contributed by atoms with E-state index in [2.05, 4.69) is 0 Å². The van der Waals surface area contributed by atoms with Crippen molar-refractivity contribution in [2.75, 3.05) is 0 Å². The van der Waals surface area contributed by atoms with Crippen molar-refractivity contribution in [1.82, 2.24) is 4.90 Å². The van der Waals surface area contributed by atoms with Crippen molar-refractivity contribution in [3.63, 3.8) is 0 Å². The Morgan fingerprint density at radius 3 is 2.62 bits per heavy atom. The van der Waals surface area contributed by atoms with Gasteiger partial charge in [0.05, 0.1) is 5.56 Å². The Morgan fingerprint density at radius 1 is 1.21 bits per heavy atom. The second kappa shape index (κ2) is 6.15. The van der Waals surface area contributed by atoms with Gasteiger partial charge in [-0.05, 0) is 34.2 Å². The fourth-order valence-corrected chi connectivity index (χ4v) is 3.16. The van der Waals surface area contributed by atoms with E-state index < -0.39 is 6.67 Å². The number of aromatic hydroxyl groups is 2. The molecule has 2 aromatic carbocycles. The molecular weight excluding hydrogens is 309 g/mol. The number of halogens is 1. The van der Waals surface area contributed by atoms with Crippen LogP contribution in [0.1, 0.15) is 52.4 Å². The van der Waals surface area contributed by atoms with Crippen molar-refractivity contribution in [1.29, 1.82) is 0 Å². The van der Waals surface area contributed by atoms with Gasteiger partial charge in [-0.3, -0.25) is 4.79 Å². The standard InChI is InChI=1S/C19H20FNO3/c1-11(2)14-6-15(18(23)7-17(14)22)19(24)21-9-13-5-3-4-12(8-20)16(13)10-21/h3-7,11,22-23H,8-10H2,1-2H3. The van der Waals surface area contributed by atoms with Gasteiger partial charge in [-0.25, -0.2) is 4.39 Å². The molecule has 1 aliphatic rings. The summed E-state index contributed by atoms with van der Waals surface area (Å²) in [7, 11) is 0. The summed E-state index contributed by atoms with van der Waals surface area (Å²) in [5.74, 6) is -0.575. The van der Waals surface area contributed by atoms with Crippen molar-refractivity contribution in [2.45, 2.75) is 39.5 Å². The molecule has 3 rings (SSSR count). The molecule has 1 heterocycles. The third-order valence-corrected chi connectivity index (χ3v) is 4.51.